The van der Waals surface area contributed by atoms with Gasteiger partial charge in [0.25, 0.3) is 0 Å². The third-order valence-electron chi connectivity index (χ3n) is 4.07. The minimum atomic E-state index is 0.563. The molecule has 0 aliphatic carbocycles. The molecule has 0 amide bonds. The quantitative estimate of drug-likeness (QED) is 0.328. The standard InChI is InChI=1S/C15H22IN5O/c16-14-4-2-13(3-5-14)15(18-22)8-17-9-21-11-19-6-1-7-20(10-19)12-21/h2-5,17,22H,1,6-12H2/b18-15-. The molecule has 2 N–H and O–H groups in total. The zero-order chi connectivity index (χ0) is 15.4. The highest BCUT2D eigenvalue weighted by atomic mass is 127. The van der Waals surface area contributed by atoms with Gasteiger partial charge < -0.3 is 5.21 Å². The van der Waals surface area contributed by atoms with Gasteiger partial charge in [0.1, 0.15) is 5.71 Å². The van der Waals surface area contributed by atoms with Crippen LogP contribution >= 0.6 is 22.6 Å². The summed E-state index contributed by atoms with van der Waals surface area (Å²) in [6.45, 7) is 6.88. The molecule has 2 unspecified atom stereocenters. The zero-order valence-corrected chi connectivity index (χ0v) is 14.7. The van der Waals surface area contributed by atoms with Gasteiger partial charge in [0, 0.05) is 28.8 Å². The molecule has 22 heavy (non-hydrogen) atoms. The van der Waals surface area contributed by atoms with Crippen LogP contribution in [-0.2, 0) is 0 Å². The van der Waals surface area contributed by atoms with E-state index in [1.165, 1.54) is 23.1 Å². The van der Waals surface area contributed by atoms with Gasteiger partial charge >= 0.3 is 0 Å². The van der Waals surface area contributed by atoms with Gasteiger partial charge in [-0.3, -0.25) is 20.0 Å². The first kappa shape index (κ1) is 16.1. The molecule has 3 rings (SSSR count). The average Bonchev–Trinajstić information content (AvgIpc) is 2.52. The van der Waals surface area contributed by atoms with Crippen molar-refractivity contribution in [1.29, 1.82) is 0 Å². The topological polar surface area (TPSA) is 54.3 Å². The van der Waals surface area contributed by atoms with Gasteiger partial charge in [-0.1, -0.05) is 17.3 Å². The van der Waals surface area contributed by atoms with E-state index in [1.807, 2.05) is 24.3 Å². The summed E-state index contributed by atoms with van der Waals surface area (Å²) in [7, 11) is 0. The number of rotatable bonds is 5. The molecule has 2 fully saturated rings. The Hall–Kier alpha value is -0.740. The lowest BCUT2D eigenvalue weighted by Crippen LogP contribution is -2.59. The van der Waals surface area contributed by atoms with Crippen molar-refractivity contribution < 1.29 is 5.21 Å². The van der Waals surface area contributed by atoms with Crippen LogP contribution in [0.15, 0.2) is 29.4 Å². The van der Waals surface area contributed by atoms with Crippen LogP contribution in [-0.4, -0.2) is 71.9 Å². The van der Waals surface area contributed by atoms with Gasteiger partial charge in [-0.2, -0.15) is 0 Å². The highest BCUT2D eigenvalue weighted by Crippen LogP contribution is 2.12. The molecule has 2 saturated heterocycles. The van der Waals surface area contributed by atoms with E-state index in [4.69, 9.17) is 0 Å². The SMILES string of the molecule is O/N=C(/CNCN1CN2CCCN(C2)C1)c1ccc(I)cc1. The molecular weight excluding hydrogens is 393 g/mol. The second-order valence-corrected chi connectivity index (χ2v) is 7.12. The molecule has 7 heteroatoms. The third-order valence-corrected chi connectivity index (χ3v) is 4.79. The molecule has 0 saturated carbocycles. The van der Waals surface area contributed by atoms with Gasteiger partial charge in [-0.15, -0.1) is 0 Å². The molecule has 2 bridgehead atoms. The molecule has 6 nitrogen and oxygen atoms in total. The predicted octanol–water partition coefficient (Wildman–Crippen LogP) is 1.21. The molecule has 1 aromatic carbocycles. The molecule has 120 valence electrons. The van der Waals surface area contributed by atoms with E-state index in [1.54, 1.807) is 0 Å². The summed E-state index contributed by atoms with van der Waals surface area (Å²) in [4.78, 5) is 7.31. The minimum Gasteiger partial charge on any atom is -0.411 e. The van der Waals surface area contributed by atoms with E-state index in [0.29, 0.717) is 12.3 Å². The van der Waals surface area contributed by atoms with Crippen molar-refractivity contribution in [3.05, 3.63) is 33.4 Å². The van der Waals surface area contributed by atoms with Gasteiger partial charge in [0.2, 0.25) is 0 Å². The molecular formula is C15H22IN5O. The summed E-state index contributed by atoms with van der Waals surface area (Å²) in [6, 6.07) is 8.02. The van der Waals surface area contributed by atoms with Crippen LogP contribution in [0.5, 0.6) is 0 Å². The largest absolute Gasteiger partial charge is 0.411 e. The van der Waals surface area contributed by atoms with Gasteiger partial charge in [0.15, 0.2) is 0 Å². The van der Waals surface area contributed by atoms with Crippen LogP contribution in [0.2, 0.25) is 0 Å². The lowest BCUT2D eigenvalue weighted by molar-refractivity contribution is -0.0577. The number of halogens is 1. The van der Waals surface area contributed by atoms with Crippen LogP contribution in [0.3, 0.4) is 0 Å². The second kappa shape index (κ2) is 7.69. The Labute approximate surface area is 144 Å². The Balaban J connectivity index is 1.48. The van der Waals surface area contributed by atoms with E-state index in [0.717, 1.165) is 32.2 Å². The Morgan fingerprint density at radius 2 is 1.82 bits per heavy atom. The molecule has 0 radical (unpaired) electrons. The Bertz CT molecular complexity index is 509. The fourth-order valence-corrected chi connectivity index (χ4v) is 3.41. The van der Waals surface area contributed by atoms with Crippen molar-refractivity contribution in [3.8, 4) is 0 Å². The summed E-state index contributed by atoms with van der Waals surface area (Å²) >= 11 is 2.27. The number of fused-ring (bicyclic) bond motifs is 2. The Morgan fingerprint density at radius 3 is 2.45 bits per heavy atom. The fourth-order valence-electron chi connectivity index (χ4n) is 3.05. The number of hydrogen-bond donors (Lipinski definition) is 2. The number of nitrogens with one attached hydrogen (secondary N) is 1. The van der Waals surface area contributed by atoms with Crippen molar-refractivity contribution in [2.45, 2.75) is 6.42 Å². The van der Waals surface area contributed by atoms with Crippen LogP contribution in [0.25, 0.3) is 0 Å². The van der Waals surface area contributed by atoms with Crippen molar-refractivity contribution in [3.63, 3.8) is 0 Å². The number of hydrogen-bond acceptors (Lipinski definition) is 6. The monoisotopic (exact) mass is 415 g/mol. The van der Waals surface area contributed by atoms with Crippen LogP contribution in [0.4, 0.5) is 0 Å². The van der Waals surface area contributed by atoms with Gasteiger partial charge in [0.05, 0.1) is 26.7 Å². The molecule has 2 atom stereocenters. The summed E-state index contributed by atoms with van der Waals surface area (Å²) in [5, 5.41) is 16.1. The maximum Gasteiger partial charge on any atom is 0.101 e. The summed E-state index contributed by atoms with van der Waals surface area (Å²) in [6.07, 6.45) is 1.27. The van der Waals surface area contributed by atoms with E-state index in [9.17, 15) is 5.21 Å². The molecule has 2 aliphatic rings. The lowest BCUT2D eigenvalue weighted by Gasteiger charge is -2.45. The van der Waals surface area contributed by atoms with Crippen molar-refractivity contribution in [2.24, 2.45) is 5.16 Å². The Kier molecular flexibility index (Phi) is 5.64. The van der Waals surface area contributed by atoms with Gasteiger partial charge in [-0.25, -0.2) is 0 Å². The molecule has 0 aromatic heterocycles. The molecule has 2 heterocycles. The lowest BCUT2D eigenvalue weighted by atomic mass is 10.1. The molecule has 0 spiro atoms. The zero-order valence-electron chi connectivity index (χ0n) is 12.6. The number of nitrogens with zero attached hydrogens (tertiary/aromatic N) is 4. The highest BCUT2D eigenvalue weighted by Gasteiger charge is 2.25. The first-order chi connectivity index (χ1) is 10.7. The summed E-state index contributed by atoms with van der Waals surface area (Å²) in [5.74, 6) is 0. The third kappa shape index (κ3) is 4.17. The van der Waals surface area contributed by atoms with Crippen LogP contribution in [0.1, 0.15) is 12.0 Å². The first-order valence-corrected chi connectivity index (χ1v) is 8.67. The predicted molar refractivity (Wildman–Crippen MR) is 94.8 cm³/mol. The van der Waals surface area contributed by atoms with Crippen molar-refractivity contribution in [1.82, 2.24) is 20.0 Å². The van der Waals surface area contributed by atoms with Gasteiger partial charge in [-0.05, 0) is 41.1 Å². The van der Waals surface area contributed by atoms with E-state index < -0.39 is 0 Å². The fraction of sp³-hybridized carbons (Fsp3) is 0.533. The van der Waals surface area contributed by atoms with E-state index >= 15 is 0 Å². The minimum absolute atomic E-state index is 0.563. The Morgan fingerprint density at radius 1 is 1.14 bits per heavy atom. The van der Waals surface area contributed by atoms with Crippen molar-refractivity contribution >= 4 is 28.3 Å². The summed E-state index contributed by atoms with van der Waals surface area (Å²) < 4.78 is 1.18. The second-order valence-electron chi connectivity index (χ2n) is 5.88. The molecule has 2 aliphatic heterocycles. The van der Waals surface area contributed by atoms with E-state index in [-0.39, 0.29) is 0 Å². The van der Waals surface area contributed by atoms with E-state index in [2.05, 4.69) is 47.8 Å². The normalized spacial score (nSPS) is 26.1. The number of oxime groups is 1. The summed E-state index contributed by atoms with van der Waals surface area (Å²) in [5.41, 5.74) is 1.63. The average molecular weight is 415 g/mol. The van der Waals surface area contributed by atoms with Crippen LogP contribution < -0.4 is 5.32 Å². The van der Waals surface area contributed by atoms with Crippen molar-refractivity contribution in [2.75, 3.05) is 46.3 Å². The number of benzene rings is 1. The molecule has 1 aromatic rings. The van der Waals surface area contributed by atoms with Crippen LogP contribution in [0, 0.1) is 3.57 Å². The highest BCUT2D eigenvalue weighted by molar-refractivity contribution is 14.1. The first-order valence-electron chi connectivity index (χ1n) is 7.59. The smallest absolute Gasteiger partial charge is 0.101 e. The maximum absolute atomic E-state index is 9.23. The maximum atomic E-state index is 9.23.